The Morgan fingerprint density at radius 3 is 2.55 bits per heavy atom. The first-order valence-electron chi connectivity index (χ1n) is 10.8. The molecule has 0 amide bonds. The van der Waals surface area contributed by atoms with E-state index in [0.717, 1.165) is 55.3 Å². The summed E-state index contributed by atoms with van der Waals surface area (Å²) in [6.45, 7) is 1.14. The summed E-state index contributed by atoms with van der Waals surface area (Å²) < 4.78 is 18.7. The highest BCUT2D eigenvalue weighted by Crippen LogP contribution is 2.48. The molecule has 0 bridgehead atoms. The monoisotopic (exact) mass is 427 g/mol. The van der Waals surface area contributed by atoms with E-state index >= 15 is 0 Å². The van der Waals surface area contributed by atoms with E-state index in [4.69, 9.17) is 14.2 Å². The number of carbonyl (C=O) groups is 1. The number of ether oxygens (including phenoxy) is 3. The van der Waals surface area contributed by atoms with Crippen LogP contribution in [0.5, 0.6) is 11.5 Å². The molecule has 0 saturated heterocycles. The Labute approximate surface area is 181 Å². The van der Waals surface area contributed by atoms with Crippen LogP contribution >= 0.6 is 0 Å². The standard InChI is InChI=1S/C24H29NO6/c1-29-9-6-10-31-22-11-16-14-24(7-4-3-5-8-24)25-15-18(23(27)28)20(26)13-19(25)17(16)12-21(22)30-2/h11-13,15H,3-10,14H2,1-2H3,(H,27,28). The van der Waals surface area contributed by atoms with Gasteiger partial charge in [0.25, 0.3) is 0 Å². The lowest BCUT2D eigenvalue weighted by Crippen LogP contribution is -2.42. The molecule has 2 heterocycles. The molecule has 2 aliphatic rings. The SMILES string of the molecule is COCCCOc1cc2c(cc1OC)-c1cc(=O)c(C(=O)O)cn1C1(CCCCC1)C2. The minimum absolute atomic E-state index is 0.179. The topological polar surface area (TPSA) is 87.0 Å². The van der Waals surface area contributed by atoms with Crippen LogP contribution in [0.1, 0.15) is 54.4 Å². The Balaban J connectivity index is 1.84. The Morgan fingerprint density at radius 2 is 1.87 bits per heavy atom. The average molecular weight is 427 g/mol. The molecule has 166 valence electrons. The second-order valence-electron chi connectivity index (χ2n) is 8.43. The lowest BCUT2D eigenvalue weighted by molar-refractivity contribution is 0.0693. The van der Waals surface area contributed by atoms with Crippen molar-refractivity contribution in [2.45, 2.75) is 50.5 Å². The normalized spacial score (nSPS) is 16.5. The Kier molecular flexibility index (Phi) is 6.05. The molecule has 1 saturated carbocycles. The first kappa shape index (κ1) is 21.4. The Morgan fingerprint density at radius 1 is 1.10 bits per heavy atom. The summed E-state index contributed by atoms with van der Waals surface area (Å²) in [6.07, 6.45) is 8.35. The van der Waals surface area contributed by atoms with Gasteiger partial charge in [-0.15, -0.1) is 0 Å². The fourth-order valence-corrected chi connectivity index (χ4v) is 5.01. The van der Waals surface area contributed by atoms with E-state index in [1.54, 1.807) is 20.4 Å². The van der Waals surface area contributed by atoms with Gasteiger partial charge in [0.05, 0.1) is 19.4 Å². The summed E-state index contributed by atoms with van der Waals surface area (Å²) in [7, 11) is 3.26. The van der Waals surface area contributed by atoms with Gasteiger partial charge in [-0.25, -0.2) is 4.79 Å². The van der Waals surface area contributed by atoms with Crippen LogP contribution in [0, 0.1) is 0 Å². The van der Waals surface area contributed by atoms with Crippen molar-refractivity contribution >= 4 is 5.97 Å². The van der Waals surface area contributed by atoms with E-state index in [0.29, 0.717) is 24.7 Å². The Bertz CT molecular complexity index is 1040. The van der Waals surface area contributed by atoms with Crippen LogP contribution in [-0.2, 0) is 16.7 Å². The number of aromatic nitrogens is 1. The number of methoxy groups -OCH3 is 2. The first-order chi connectivity index (χ1) is 15.0. The van der Waals surface area contributed by atoms with Crippen LogP contribution in [-0.4, -0.2) is 43.1 Å². The summed E-state index contributed by atoms with van der Waals surface area (Å²) in [5, 5.41) is 9.53. The van der Waals surface area contributed by atoms with Gasteiger partial charge < -0.3 is 23.9 Å². The summed E-state index contributed by atoms with van der Waals surface area (Å²) >= 11 is 0. The van der Waals surface area contributed by atoms with Gasteiger partial charge in [-0.2, -0.15) is 0 Å². The maximum Gasteiger partial charge on any atom is 0.341 e. The first-order valence-corrected chi connectivity index (χ1v) is 10.8. The van der Waals surface area contributed by atoms with Gasteiger partial charge in [0, 0.05) is 43.5 Å². The average Bonchev–Trinajstić information content (AvgIpc) is 2.76. The highest BCUT2D eigenvalue weighted by atomic mass is 16.5. The molecule has 0 atom stereocenters. The summed E-state index contributed by atoms with van der Waals surface area (Å²) in [5.74, 6) is 0.0905. The third-order valence-electron chi connectivity index (χ3n) is 6.51. The zero-order valence-electron chi connectivity index (χ0n) is 18.1. The molecule has 0 radical (unpaired) electrons. The smallest absolute Gasteiger partial charge is 0.341 e. The summed E-state index contributed by atoms with van der Waals surface area (Å²) in [4.78, 5) is 24.2. The Hall–Kier alpha value is -2.80. The van der Waals surface area contributed by atoms with E-state index in [9.17, 15) is 14.7 Å². The number of carboxylic acids is 1. The predicted molar refractivity (Wildman–Crippen MR) is 116 cm³/mol. The van der Waals surface area contributed by atoms with Crippen molar-refractivity contribution < 1.29 is 24.1 Å². The number of benzene rings is 1. The molecule has 1 aromatic carbocycles. The molecular weight excluding hydrogens is 398 g/mol. The third-order valence-corrected chi connectivity index (χ3v) is 6.51. The van der Waals surface area contributed by atoms with Crippen molar-refractivity contribution in [3.05, 3.63) is 45.7 Å². The van der Waals surface area contributed by atoms with Gasteiger partial charge in [0.1, 0.15) is 5.56 Å². The van der Waals surface area contributed by atoms with Gasteiger partial charge in [-0.1, -0.05) is 19.3 Å². The number of hydrogen-bond acceptors (Lipinski definition) is 5. The van der Waals surface area contributed by atoms with Crippen LogP contribution < -0.4 is 14.9 Å². The largest absolute Gasteiger partial charge is 0.493 e. The van der Waals surface area contributed by atoms with E-state index in [1.807, 2.05) is 12.1 Å². The molecule has 1 aliphatic carbocycles. The lowest BCUT2D eigenvalue weighted by atomic mass is 9.73. The molecule has 1 aliphatic heterocycles. The fourth-order valence-electron chi connectivity index (χ4n) is 5.01. The second-order valence-corrected chi connectivity index (χ2v) is 8.43. The fraction of sp³-hybridized carbons (Fsp3) is 0.500. The number of rotatable bonds is 7. The van der Waals surface area contributed by atoms with Crippen molar-refractivity contribution in [3.8, 4) is 22.8 Å². The molecule has 2 aromatic rings. The maximum atomic E-state index is 12.6. The maximum absolute atomic E-state index is 12.6. The van der Waals surface area contributed by atoms with E-state index in [1.165, 1.54) is 12.5 Å². The van der Waals surface area contributed by atoms with Gasteiger partial charge in [0.15, 0.2) is 16.9 Å². The summed E-state index contributed by atoms with van der Waals surface area (Å²) in [5.41, 5.74) is 1.87. The molecule has 1 spiro atoms. The number of fused-ring (bicyclic) bond motifs is 4. The third kappa shape index (κ3) is 3.94. The summed E-state index contributed by atoms with van der Waals surface area (Å²) in [6, 6.07) is 5.40. The molecule has 4 rings (SSSR count). The van der Waals surface area contributed by atoms with E-state index in [-0.39, 0.29) is 11.1 Å². The van der Waals surface area contributed by atoms with Crippen molar-refractivity contribution in [2.75, 3.05) is 27.4 Å². The molecule has 1 aromatic heterocycles. The zero-order chi connectivity index (χ0) is 22.0. The van der Waals surface area contributed by atoms with Crippen LogP contribution in [0.3, 0.4) is 0 Å². The molecule has 7 heteroatoms. The lowest BCUT2D eigenvalue weighted by Gasteiger charge is -2.45. The highest BCUT2D eigenvalue weighted by Gasteiger charge is 2.40. The van der Waals surface area contributed by atoms with Crippen molar-refractivity contribution in [1.29, 1.82) is 0 Å². The van der Waals surface area contributed by atoms with Gasteiger partial charge >= 0.3 is 5.97 Å². The van der Waals surface area contributed by atoms with Gasteiger partial charge in [-0.3, -0.25) is 4.79 Å². The zero-order valence-corrected chi connectivity index (χ0v) is 18.1. The quantitative estimate of drug-likeness (QED) is 0.676. The molecule has 7 nitrogen and oxygen atoms in total. The highest BCUT2D eigenvalue weighted by molar-refractivity contribution is 5.88. The van der Waals surface area contributed by atoms with Crippen LogP contribution in [0.2, 0.25) is 0 Å². The van der Waals surface area contributed by atoms with Gasteiger partial charge in [0.2, 0.25) is 0 Å². The van der Waals surface area contributed by atoms with E-state index in [2.05, 4.69) is 4.57 Å². The molecule has 0 unspecified atom stereocenters. The molecule has 31 heavy (non-hydrogen) atoms. The number of nitrogens with zero attached hydrogens (tertiary/aromatic N) is 1. The number of aromatic carboxylic acids is 1. The van der Waals surface area contributed by atoms with Crippen LogP contribution in [0.15, 0.2) is 29.2 Å². The van der Waals surface area contributed by atoms with Crippen LogP contribution in [0.25, 0.3) is 11.3 Å². The minimum Gasteiger partial charge on any atom is -0.493 e. The van der Waals surface area contributed by atoms with Gasteiger partial charge in [-0.05, 0) is 37.0 Å². The van der Waals surface area contributed by atoms with Crippen LogP contribution in [0.4, 0.5) is 0 Å². The molecule has 1 fully saturated rings. The number of pyridine rings is 1. The van der Waals surface area contributed by atoms with Crippen molar-refractivity contribution in [1.82, 2.24) is 4.57 Å². The minimum atomic E-state index is -1.19. The number of carboxylic acid groups (broad SMARTS) is 1. The molecular formula is C24H29NO6. The number of hydrogen-bond donors (Lipinski definition) is 1. The van der Waals surface area contributed by atoms with Crippen molar-refractivity contribution in [3.63, 3.8) is 0 Å². The van der Waals surface area contributed by atoms with E-state index < -0.39 is 11.4 Å². The van der Waals surface area contributed by atoms with Crippen molar-refractivity contribution in [2.24, 2.45) is 0 Å². The molecule has 1 N–H and O–H groups in total. The predicted octanol–water partition coefficient (Wildman–Crippen LogP) is 3.85. The second kappa shape index (κ2) is 8.75.